The Morgan fingerprint density at radius 1 is 0.600 bits per heavy atom. The van der Waals surface area contributed by atoms with Crippen LogP contribution in [-0.2, 0) is 65.4 Å². The summed E-state index contributed by atoms with van der Waals surface area (Å²) < 4.78 is 12.0. The van der Waals surface area contributed by atoms with Crippen molar-refractivity contribution in [2.75, 3.05) is 39.4 Å². The number of aliphatic carboxylic acids is 1. The molecule has 2 aliphatic heterocycles. The van der Waals surface area contributed by atoms with Crippen LogP contribution < -0.4 is 21.3 Å². The van der Waals surface area contributed by atoms with E-state index >= 15 is 0 Å². The molecule has 85 heavy (non-hydrogen) atoms. The van der Waals surface area contributed by atoms with Crippen LogP contribution in [0.1, 0.15) is 133 Å². The summed E-state index contributed by atoms with van der Waals surface area (Å²) in [4.78, 5) is 115. The van der Waals surface area contributed by atoms with Gasteiger partial charge in [-0.3, -0.25) is 38.4 Å². The van der Waals surface area contributed by atoms with Gasteiger partial charge in [0, 0.05) is 32.6 Å². The standard InChI is InChI=1S/C26H36Cl3N3O6.C26H34Cl3N3O5.C5H8O2.3CH4/c1-17(22(34)32-14-8-11-19(15-32)23(35)37-16-26(27,28)29)30-21(33)20(31-24(36)38-25(2,3)4)13-12-18-9-6-5-7-10-18;1-3-4-12-22(33)31-21(14-13-19-9-6-5-7-10-19)23(34)30-18(2)24(35)32-15-8-11-20(16-32)25(36)37-17-26(27,28)29;1-2-3-4-5(6)7;;;/h5-7,9-10,17,19-20H,8,11-16H2,1-4H3,(H,30,33)(H,31,36);3-7,9-10,18,20-21H,8,11-17H2,1-2H3,(H,30,34)(H,31,33);2-3H,4H2,1H3,(H,6,7);3*1H4/b;4-3+;3-2+;;;/t17-,19+,20-;18-,20+,21-;;;;/m00..../s1. The number of benzene rings is 2. The van der Waals surface area contributed by atoms with Gasteiger partial charge in [0.25, 0.3) is 0 Å². The van der Waals surface area contributed by atoms with Gasteiger partial charge in [0.2, 0.25) is 37.1 Å². The number of alkyl halides is 6. The maximum Gasteiger partial charge on any atom is 0.408 e. The molecule has 0 unspecified atom stereocenters. The summed E-state index contributed by atoms with van der Waals surface area (Å²) in [5, 5.41) is 18.8. The smallest absolute Gasteiger partial charge is 0.408 e. The Morgan fingerprint density at radius 3 is 1.32 bits per heavy atom. The largest absolute Gasteiger partial charge is 0.481 e. The SMILES string of the molecule is C.C.C.C/C=C/CC(=O)N[C@@H](CCc1ccccc1)C(=O)N[C@@H](C)C(=O)N1CCC[C@@H](C(=O)OCC(Cl)(Cl)Cl)C1.C/C=C/CC(=O)O.C[C@H](NC(=O)[C@H](CCc1ccccc1)NC(=O)OC(C)(C)C)C(=O)N1CCC[C@@H](C(=O)OCC(Cl)(Cl)Cl)C1. The van der Waals surface area contributed by atoms with E-state index in [-0.39, 0.29) is 79.1 Å². The summed E-state index contributed by atoms with van der Waals surface area (Å²) in [6.07, 6.45) is 10.4. The fourth-order valence-corrected chi connectivity index (χ4v) is 8.50. The highest BCUT2D eigenvalue weighted by Gasteiger charge is 2.36. The fraction of sp³-hybridized carbons (Fsp3) is 0.583. The van der Waals surface area contributed by atoms with Crippen LogP contribution in [0.25, 0.3) is 0 Å². The van der Waals surface area contributed by atoms with E-state index in [0.29, 0.717) is 64.5 Å². The zero-order chi connectivity index (χ0) is 61.6. The summed E-state index contributed by atoms with van der Waals surface area (Å²) in [5.41, 5.74) is 1.30. The first-order valence-electron chi connectivity index (χ1n) is 26.9. The minimum atomic E-state index is -1.72. The lowest BCUT2D eigenvalue weighted by atomic mass is 9.97. The first-order valence-corrected chi connectivity index (χ1v) is 29.1. The van der Waals surface area contributed by atoms with Crippen molar-refractivity contribution < 1.29 is 62.5 Å². The maximum atomic E-state index is 13.2. The second kappa shape index (κ2) is 41.7. The predicted molar refractivity (Wildman–Crippen MR) is 338 cm³/mol. The number of nitrogens with one attached hydrogen (secondary N) is 4. The van der Waals surface area contributed by atoms with Crippen LogP contribution in [-0.4, -0.2) is 145 Å². The molecule has 5 N–H and O–H groups in total. The summed E-state index contributed by atoms with van der Waals surface area (Å²) in [6.45, 7) is 12.3. The Kier molecular flexibility index (Phi) is 40.1. The fourth-order valence-electron chi connectivity index (χ4n) is 8.18. The number of piperidine rings is 2. The minimum Gasteiger partial charge on any atom is -0.481 e. The van der Waals surface area contributed by atoms with Crippen LogP contribution in [0, 0.1) is 11.8 Å². The summed E-state index contributed by atoms with van der Waals surface area (Å²) in [5.74, 6) is -4.88. The number of carbonyl (C=O) groups is 9. The number of nitrogens with zero attached hydrogens (tertiary/aromatic N) is 2. The monoisotopic (exact) mass is 1310 g/mol. The van der Waals surface area contributed by atoms with E-state index in [0.717, 1.165) is 11.1 Å². The van der Waals surface area contributed by atoms with E-state index in [1.807, 2.05) is 67.6 Å². The number of ether oxygens (including phenoxy) is 3. The van der Waals surface area contributed by atoms with Crippen molar-refractivity contribution in [2.45, 2.75) is 172 Å². The Bertz CT molecular complexity index is 2440. The van der Waals surface area contributed by atoms with E-state index in [2.05, 4.69) is 21.3 Å². The van der Waals surface area contributed by atoms with Crippen molar-refractivity contribution in [3.8, 4) is 0 Å². The van der Waals surface area contributed by atoms with Gasteiger partial charge in [0.05, 0.1) is 18.3 Å². The van der Waals surface area contributed by atoms with Gasteiger partial charge in [0.1, 0.15) is 43.0 Å². The zero-order valence-corrected chi connectivity index (χ0v) is 51.9. The first kappa shape index (κ1) is 81.8. The van der Waals surface area contributed by atoms with Crippen LogP contribution in [0.4, 0.5) is 4.79 Å². The molecule has 6 atom stereocenters. The molecule has 2 heterocycles. The molecule has 0 bridgehead atoms. The molecule has 6 amide bonds. The number of alkyl carbamates (subject to hydrolysis) is 1. The molecule has 480 valence electrons. The number of rotatable bonds is 22. The van der Waals surface area contributed by atoms with Crippen LogP contribution >= 0.6 is 69.6 Å². The molecule has 0 spiro atoms. The molecule has 2 aliphatic rings. The van der Waals surface area contributed by atoms with Gasteiger partial charge in [-0.15, -0.1) is 0 Å². The number of allylic oxidation sites excluding steroid dienone is 2. The predicted octanol–water partition coefficient (Wildman–Crippen LogP) is 10.8. The van der Waals surface area contributed by atoms with Gasteiger partial charge in [-0.25, -0.2) is 4.79 Å². The highest BCUT2D eigenvalue weighted by molar-refractivity contribution is 6.68. The average molecular weight is 1320 g/mol. The summed E-state index contributed by atoms with van der Waals surface area (Å²) in [7, 11) is 0. The van der Waals surface area contributed by atoms with Gasteiger partial charge >= 0.3 is 24.0 Å². The van der Waals surface area contributed by atoms with Crippen LogP contribution in [0.15, 0.2) is 85.0 Å². The van der Waals surface area contributed by atoms with Crippen molar-refractivity contribution in [1.29, 1.82) is 0 Å². The maximum absolute atomic E-state index is 13.2. The molecule has 0 saturated carbocycles. The third kappa shape index (κ3) is 35.8. The Morgan fingerprint density at radius 2 is 0.976 bits per heavy atom. The van der Waals surface area contributed by atoms with Gasteiger partial charge in [0.15, 0.2) is 0 Å². The highest BCUT2D eigenvalue weighted by atomic mass is 35.6. The van der Waals surface area contributed by atoms with Crippen LogP contribution in [0.3, 0.4) is 0 Å². The number of halogens is 6. The number of hydrogen-bond acceptors (Lipinski definition) is 12. The van der Waals surface area contributed by atoms with Crippen LogP contribution in [0.2, 0.25) is 0 Å². The van der Waals surface area contributed by atoms with Crippen molar-refractivity contribution >= 4 is 123 Å². The summed E-state index contributed by atoms with van der Waals surface area (Å²) >= 11 is 33.9. The number of aryl methyl sites for hydroxylation is 2. The molecule has 0 aromatic heterocycles. The number of esters is 2. The number of amides is 6. The molecule has 2 fully saturated rings. The number of likely N-dealkylation sites (tertiary alicyclic amines) is 2. The van der Waals surface area contributed by atoms with E-state index in [1.54, 1.807) is 65.8 Å². The second-order valence-electron chi connectivity index (χ2n) is 20.5. The molecule has 4 rings (SSSR count). The minimum absolute atomic E-state index is 0. The van der Waals surface area contributed by atoms with Crippen molar-refractivity contribution in [2.24, 2.45) is 11.8 Å². The quantitative estimate of drug-likeness (QED) is 0.0319. The zero-order valence-electron chi connectivity index (χ0n) is 47.4. The molecular formula is C60H90Cl6N6O13. The molecule has 19 nitrogen and oxygen atoms in total. The van der Waals surface area contributed by atoms with Gasteiger partial charge < -0.3 is 50.4 Å². The summed E-state index contributed by atoms with van der Waals surface area (Å²) in [6, 6.07) is 15.7. The Balaban J connectivity index is 0. The topological polar surface area (TPSA) is 256 Å². The lowest BCUT2D eigenvalue weighted by Crippen LogP contribution is -2.55. The van der Waals surface area contributed by atoms with E-state index in [1.165, 1.54) is 9.80 Å². The number of carboxylic acid groups (broad SMARTS) is 1. The molecule has 0 aliphatic carbocycles. The molecule has 2 aromatic carbocycles. The molecule has 25 heteroatoms. The molecule has 2 saturated heterocycles. The molecule has 0 radical (unpaired) electrons. The Labute approximate surface area is 533 Å². The number of carboxylic acids is 1. The van der Waals surface area contributed by atoms with E-state index < -0.39 is 85.0 Å². The van der Waals surface area contributed by atoms with E-state index in [4.69, 9.17) is 88.9 Å². The van der Waals surface area contributed by atoms with E-state index in [9.17, 15) is 43.2 Å². The second-order valence-corrected chi connectivity index (χ2v) is 25.5. The third-order valence-electron chi connectivity index (χ3n) is 12.2. The third-order valence-corrected chi connectivity index (χ3v) is 12.9. The molecule has 2 aromatic rings. The van der Waals surface area contributed by atoms with Crippen LogP contribution in [0.5, 0.6) is 0 Å². The van der Waals surface area contributed by atoms with Crippen molar-refractivity contribution in [3.63, 3.8) is 0 Å². The first-order chi connectivity index (χ1) is 38.4. The van der Waals surface area contributed by atoms with Gasteiger partial charge in [-0.2, -0.15) is 0 Å². The van der Waals surface area contributed by atoms with Crippen molar-refractivity contribution in [3.05, 3.63) is 96.1 Å². The average Bonchev–Trinajstić information content (AvgIpc) is 3.53. The van der Waals surface area contributed by atoms with Gasteiger partial charge in [-0.1, -0.05) is 177 Å². The lowest BCUT2D eigenvalue weighted by Gasteiger charge is -2.34. The highest BCUT2D eigenvalue weighted by Crippen LogP contribution is 2.29. The molecular weight excluding hydrogens is 1230 g/mol. The lowest BCUT2D eigenvalue weighted by molar-refractivity contribution is -0.153. The number of carbonyl (C=O) groups excluding carboxylic acids is 8. The normalized spacial score (nSPS) is 16.4. The van der Waals surface area contributed by atoms with Gasteiger partial charge in [-0.05, 0) is 111 Å². The number of hydrogen-bond donors (Lipinski definition) is 5. The van der Waals surface area contributed by atoms with Crippen molar-refractivity contribution in [1.82, 2.24) is 31.1 Å². The Hall–Kier alpha value is -5.31.